The lowest BCUT2D eigenvalue weighted by atomic mass is 10.2. The van der Waals surface area contributed by atoms with Crippen LogP contribution in [-0.4, -0.2) is 43.2 Å². The number of benzene rings is 1. The zero-order valence-electron chi connectivity index (χ0n) is 14.5. The van der Waals surface area contributed by atoms with Gasteiger partial charge in [0.25, 0.3) is 5.91 Å². The van der Waals surface area contributed by atoms with Crippen molar-refractivity contribution < 1.29 is 19.1 Å². The van der Waals surface area contributed by atoms with E-state index in [1.54, 1.807) is 36.5 Å². The standard InChI is InChI=1S/C19H21N3O4/c1-25-19(24)13-4-2-5-14(10-13)22-15-7-8-17(20-11-15)18(23)21-12-16-6-3-9-26-16/h2,4-5,7-8,10-11,16,22H,3,6,9,12H2,1H3,(H,21,23). The van der Waals surface area contributed by atoms with Crippen LogP contribution in [0, 0.1) is 0 Å². The van der Waals surface area contributed by atoms with Crippen molar-refractivity contribution >= 4 is 23.3 Å². The van der Waals surface area contributed by atoms with E-state index in [4.69, 9.17) is 9.47 Å². The lowest BCUT2D eigenvalue weighted by molar-refractivity contribution is 0.0600. The first kappa shape index (κ1) is 17.9. The number of methoxy groups -OCH3 is 1. The zero-order valence-corrected chi connectivity index (χ0v) is 14.5. The molecule has 1 fully saturated rings. The summed E-state index contributed by atoms with van der Waals surface area (Å²) in [7, 11) is 1.34. The van der Waals surface area contributed by atoms with Gasteiger partial charge in [-0.2, -0.15) is 0 Å². The molecule has 1 aromatic carbocycles. The van der Waals surface area contributed by atoms with Gasteiger partial charge < -0.3 is 20.1 Å². The van der Waals surface area contributed by atoms with Crippen LogP contribution in [0.15, 0.2) is 42.6 Å². The third-order valence-electron chi connectivity index (χ3n) is 4.08. The van der Waals surface area contributed by atoms with Crippen LogP contribution in [0.3, 0.4) is 0 Å². The van der Waals surface area contributed by atoms with Gasteiger partial charge in [0.1, 0.15) is 5.69 Å². The Labute approximate surface area is 151 Å². The molecule has 0 bridgehead atoms. The highest BCUT2D eigenvalue weighted by atomic mass is 16.5. The van der Waals surface area contributed by atoms with Crippen molar-refractivity contribution in [3.05, 3.63) is 53.9 Å². The maximum absolute atomic E-state index is 12.1. The van der Waals surface area contributed by atoms with E-state index in [0.717, 1.165) is 25.1 Å². The van der Waals surface area contributed by atoms with Crippen molar-refractivity contribution in [2.24, 2.45) is 0 Å². The lowest BCUT2D eigenvalue weighted by Crippen LogP contribution is -2.32. The highest BCUT2D eigenvalue weighted by molar-refractivity contribution is 5.92. The number of aromatic nitrogens is 1. The fraction of sp³-hybridized carbons (Fsp3) is 0.316. The molecule has 7 nitrogen and oxygen atoms in total. The minimum atomic E-state index is -0.398. The average Bonchev–Trinajstić information content (AvgIpc) is 3.20. The monoisotopic (exact) mass is 355 g/mol. The first-order valence-electron chi connectivity index (χ1n) is 8.47. The summed E-state index contributed by atoms with van der Waals surface area (Å²) in [6, 6.07) is 10.4. The average molecular weight is 355 g/mol. The van der Waals surface area contributed by atoms with Crippen molar-refractivity contribution in [1.82, 2.24) is 10.3 Å². The molecule has 1 aromatic heterocycles. The van der Waals surface area contributed by atoms with Crippen molar-refractivity contribution in [2.75, 3.05) is 25.6 Å². The van der Waals surface area contributed by atoms with Gasteiger partial charge in [0.05, 0.1) is 30.7 Å². The van der Waals surface area contributed by atoms with Gasteiger partial charge in [0, 0.05) is 18.8 Å². The van der Waals surface area contributed by atoms with Crippen LogP contribution >= 0.6 is 0 Å². The number of anilines is 2. The second-order valence-corrected chi connectivity index (χ2v) is 5.97. The maximum Gasteiger partial charge on any atom is 0.337 e. The highest BCUT2D eigenvalue weighted by Gasteiger charge is 2.17. The number of ether oxygens (including phenoxy) is 2. The van der Waals surface area contributed by atoms with Gasteiger partial charge in [-0.25, -0.2) is 9.78 Å². The number of carbonyl (C=O) groups excluding carboxylic acids is 2. The number of nitrogens with zero attached hydrogens (tertiary/aromatic N) is 1. The summed E-state index contributed by atoms with van der Waals surface area (Å²) in [6.45, 7) is 1.26. The van der Waals surface area contributed by atoms with Crippen molar-refractivity contribution in [2.45, 2.75) is 18.9 Å². The second kappa shape index (κ2) is 8.44. The van der Waals surface area contributed by atoms with E-state index in [-0.39, 0.29) is 12.0 Å². The molecule has 0 aliphatic carbocycles. The van der Waals surface area contributed by atoms with Crippen molar-refractivity contribution in [1.29, 1.82) is 0 Å². The van der Waals surface area contributed by atoms with Gasteiger partial charge in [0.2, 0.25) is 0 Å². The molecular weight excluding hydrogens is 334 g/mol. The Balaban J connectivity index is 1.58. The fourth-order valence-corrected chi connectivity index (χ4v) is 2.71. The number of carbonyl (C=O) groups is 2. The molecule has 136 valence electrons. The summed E-state index contributed by atoms with van der Waals surface area (Å²) in [5.41, 5.74) is 2.24. The predicted octanol–water partition coefficient (Wildman–Crippen LogP) is 2.52. The minimum absolute atomic E-state index is 0.0991. The molecule has 0 saturated carbocycles. The third kappa shape index (κ3) is 4.58. The number of rotatable bonds is 6. The number of hydrogen-bond donors (Lipinski definition) is 2. The van der Waals surface area contributed by atoms with Gasteiger partial charge in [-0.05, 0) is 43.2 Å². The zero-order chi connectivity index (χ0) is 18.4. The quantitative estimate of drug-likeness (QED) is 0.774. The van der Waals surface area contributed by atoms with Gasteiger partial charge in [0.15, 0.2) is 0 Å². The van der Waals surface area contributed by atoms with E-state index >= 15 is 0 Å². The summed E-state index contributed by atoms with van der Waals surface area (Å²) >= 11 is 0. The molecule has 3 rings (SSSR count). The number of amides is 1. The lowest BCUT2D eigenvalue weighted by Gasteiger charge is -2.11. The van der Waals surface area contributed by atoms with E-state index < -0.39 is 5.97 Å². The van der Waals surface area contributed by atoms with Crippen LogP contribution in [0.1, 0.15) is 33.7 Å². The Morgan fingerprint density at radius 1 is 1.27 bits per heavy atom. The number of hydrogen-bond acceptors (Lipinski definition) is 6. The van der Waals surface area contributed by atoms with Crippen LogP contribution < -0.4 is 10.6 Å². The maximum atomic E-state index is 12.1. The van der Waals surface area contributed by atoms with Gasteiger partial charge in [-0.15, -0.1) is 0 Å². The molecule has 26 heavy (non-hydrogen) atoms. The minimum Gasteiger partial charge on any atom is -0.465 e. The van der Waals surface area contributed by atoms with E-state index in [1.165, 1.54) is 7.11 Å². The molecule has 1 saturated heterocycles. The van der Waals surface area contributed by atoms with E-state index in [2.05, 4.69) is 15.6 Å². The summed E-state index contributed by atoms with van der Waals surface area (Å²) in [5.74, 6) is -0.621. The Bertz CT molecular complexity index is 771. The van der Waals surface area contributed by atoms with Crippen molar-refractivity contribution in [3.8, 4) is 0 Å². The number of nitrogens with one attached hydrogen (secondary N) is 2. The second-order valence-electron chi connectivity index (χ2n) is 5.97. The highest BCUT2D eigenvalue weighted by Crippen LogP contribution is 2.18. The van der Waals surface area contributed by atoms with Gasteiger partial charge in [-0.1, -0.05) is 6.07 Å². The van der Waals surface area contributed by atoms with Crippen LogP contribution in [-0.2, 0) is 9.47 Å². The van der Waals surface area contributed by atoms with Crippen LogP contribution in [0.25, 0.3) is 0 Å². The van der Waals surface area contributed by atoms with Gasteiger partial charge in [-0.3, -0.25) is 4.79 Å². The van der Waals surface area contributed by atoms with Crippen LogP contribution in [0.4, 0.5) is 11.4 Å². The summed E-state index contributed by atoms with van der Waals surface area (Å²) in [4.78, 5) is 27.9. The molecule has 1 aliphatic heterocycles. The molecule has 2 heterocycles. The third-order valence-corrected chi connectivity index (χ3v) is 4.08. The predicted molar refractivity (Wildman–Crippen MR) is 96.6 cm³/mol. The Morgan fingerprint density at radius 2 is 2.15 bits per heavy atom. The first-order valence-corrected chi connectivity index (χ1v) is 8.47. The molecule has 1 amide bonds. The number of pyridine rings is 1. The normalized spacial score (nSPS) is 16.1. The summed E-state index contributed by atoms with van der Waals surface area (Å²) in [6.07, 6.45) is 3.69. The van der Waals surface area contributed by atoms with Crippen LogP contribution in [0.2, 0.25) is 0 Å². The molecule has 1 atom stereocenters. The van der Waals surface area contributed by atoms with Gasteiger partial charge >= 0.3 is 5.97 Å². The van der Waals surface area contributed by atoms with E-state index in [1.807, 2.05) is 6.07 Å². The molecular formula is C19H21N3O4. The topological polar surface area (TPSA) is 89.5 Å². The van der Waals surface area contributed by atoms with Crippen molar-refractivity contribution in [3.63, 3.8) is 0 Å². The molecule has 1 aliphatic rings. The smallest absolute Gasteiger partial charge is 0.337 e. The van der Waals surface area contributed by atoms with Crippen LogP contribution in [0.5, 0.6) is 0 Å². The number of esters is 1. The SMILES string of the molecule is COC(=O)c1cccc(Nc2ccc(C(=O)NCC3CCCO3)nc2)c1. The largest absolute Gasteiger partial charge is 0.465 e. The molecule has 1 unspecified atom stereocenters. The Kier molecular flexibility index (Phi) is 5.80. The fourth-order valence-electron chi connectivity index (χ4n) is 2.71. The molecule has 0 radical (unpaired) electrons. The summed E-state index contributed by atoms with van der Waals surface area (Å²) < 4.78 is 10.2. The molecule has 2 aromatic rings. The van der Waals surface area contributed by atoms with E-state index in [9.17, 15) is 9.59 Å². The first-order chi connectivity index (χ1) is 12.7. The molecule has 7 heteroatoms. The van der Waals surface area contributed by atoms with E-state index in [0.29, 0.717) is 23.5 Å². The molecule has 0 spiro atoms. The Morgan fingerprint density at radius 3 is 2.85 bits per heavy atom. The molecule has 2 N–H and O–H groups in total. The summed E-state index contributed by atoms with van der Waals surface area (Å²) in [5, 5.41) is 5.98. The Hall–Kier alpha value is -2.93.